The smallest absolute Gasteiger partial charge is 0.236 e. The molecule has 3 atom stereocenters. The van der Waals surface area contributed by atoms with E-state index < -0.39 is 6.04 Å². The van der Waals surface area contributed by atoms with Gasteiger partial charge in [-0.2, -0.15) is 0 Å². The lowest BCUT2D eigenvalue weighted by molar-refractivity contribution is -0.136. The summed E-state index contributed by atoms with van der Waals surface area (Å²) in [7, 11) is 0. The molecule has 2 unspecified atom stereocenters. The molecular weight excluding hydrogens is 242 g/mol. The molecule has 1 rings (SSSR count). The largest absolute Gasteiger partial charge is 0.350 e. The minimum absolute atomic E-state index is 0.0264. The lowest BCUT2D eigenvalue weighted by Crippen LogP contribution is -2.58. The Morgan fingerprint density at radius 2 is 1.79 bits per heavy atom. The highest BCUT2D eigenvalue weighted by Gasteiger charge is 2.34. The molecule has 0 aliphatic heterocycles. The van der Waals surface area contributed by atoms with Crippen LogP contribution >= 0.6 is 0 Å². The second-order valence-electron chi connectivity index (χ2n) is 5.78. The molecule has 1 aliphatic rings. The zero-order chi connectivity index (χ0) is 14.6. The summed E-state index contributed by atoms with van der Waals surface area (Å²) >= 11 is 0. The van der Waals surface area contributed by atoms with Crippen LogP contribution in [0.3, 0.4) is 0 Å². The number of nitrogens with one attached hydrogen (secondary N) is 1. The Kier molecular flexibility index (Phi) is 5.79. The zero-order valence-corrected chi connectivity index (χ0v) is 12.5. The van der Waals surface area contributed by atoms with Gasteiger partial charge in [-0.25, -0.2) is 0 Å². The zero-order valence-electron chi connectivity index (χ0n) is 12.5. The Bertz CT molecular complexity index is 329. The van der Waals surface area contributed by atoms with Crippen molar-refractivity contribution in [2.24, 2.45) is 5.73 Å². The second-order valence-corrected chi connectivity index (χ2v) is 5.78. The molecule has 0 saturated heterocycles. The lowest BCUT2D eigenvalue weighted by Gasteiger charge is -2.42. The Labute approximate surface area is 115 Å². The maximum Gasteiger partial charge on any atom is 0.236 e. The predicted octanol–water partition coefficient (Wildman–Crippen LogP) is 1.02. The molecule has 5 nitrogen and oxygen atoms in total. The number of amides is 2. The summed E-state index contributed by atoms with van der Waals surface area (Å²) in [4.78, 5) is 25.5. The van der Waals surface area contributed by atoms with Crippen LogP contribution in [0.25, 0.3) is 0 Å². The molecule has 0 aromatic rings. The maximum absolute atomic E-state index is 11.8. The third-order valence-electron chi connectivity index (χ3n) is 3.75. The van der Waals surface area contributed by atoms with Crippen LogP contribution in [0, 0.1) is 0 Å². The van der Waals surface area contributed by atoms with Gasteiger partial charge in [-0.1, -0.05) is 12.8 Å². The Balaban J connectivity index is 2.81. The van der Waals surface area contributed by atoms with E-state index in [2.05, 4.69) is 5.32 Å². The van der Waals surface area contributed by atoms with E-state index in [0.29, 0.717) is 0 Å². The highest BCUT2D eigenvalue weighted by atomic mass is 16.2. The third kappa shape index (κ3) is 4.20. The average Bonchev–Trinajstić information content (AvgIpc) is 2.30. The average molecular weight is 269 g/mol. The van der Waals surface area contributed by atoms with Gasteiger partial charge in [0.05, 0.1) is 12.1 Å². The van der Waals surface area contributed by atoms with E-state index in [9.17, 15) is 9.59 Å². The van der Waals surface area contributed by atoms with Crippen LogP contribution in [0.2, 0.25) is 0 Å². The van der Waals surface area contributed by atoms with E-state index in [1.165, 1.54) is 0 Å². The van der Waals surface area contributed by atoms with E-state index in [1.807, 2.05) is 18.7 Å². The first-order chi connectivity index (χ1) is 8.84. The molecule has 0 bridgehead atoms. The molecule has 0 spiro atoms. The van der Waals surface area contributed by atoms with Crippen LogP contribution < -0.4 is 11.1 Å². The van der Waals surface area contributed by atoms with Gasteiger partial charge < -0.3 is 16.0 Å². The van der Waals surface area contributed by atoms with Gasteiger partial charge in [0.25, 0.3) is 0 Å². The van der Waals surface area contributed by atoms with Crippen molar-refractivity contribution in [3.8, 4) is 0 Å². The van der Waals surface area contributed by atoms with Gasteiger partial charge >= 0.3 is 0 Å². The summed E-state index contributed by atoms with van der Waals surface area (Å²) in [5.74, 6) is -0.0638. The molecule has 0 heterocycles. The molecule has 3 N–H and O–H groups in total. The summed E-state index contributed by atoms with van der Waals surface area (Å²) in [5.41, 5.74) is 5.60. The van der Waals surface area contributed by atoms with Gasteiger partial charge in [0.2, 0.25) is 11.8 Å². The molecule has 0 aromatic carbocycles. The summed E-state index contributed by atoms with van der Waals surface area (Å²) in [5, 5.41) is 3.00. The maximum atomic E-state index is 11.8. The van der Waals surface area contributed by atoms with E-state index in [4.69, 9.17) is 5.73 Å². The predicted molar refractivity (Wildman–Crippen MR) is 75.5 cm³/mol. The van der Waals surface area contributed by atoms with Crippen molar-refractivity contribution >= 4 is 11.8 Å². The fraction of sp³-hybridized carbons (Fsp3) is 0.857. The quantitative estimate of drug-likeness (QED) is 0.800. The van der Waals surface area contributed by atoms with Crippen LogP contribution in [0.1, 0.15) is 53.4 Å². The van der Waals surface area contributed by atoms with Crippen LogP contribution in [-0.2, 0) is 9.59 Å². The van der Waals surface area contributed by atoms with Crippen molar-refractivity contribution in [1.82, 2.24) is 10.2 Å². The molecule has 19 heavy (non-hydrogen) atoms. The fourth-order valence-corrected chi connectivity index (χ4v) is 2.91. The van der Waals surface area contributed by atoms with Crippen LogP contribution in [0.15, 0.2) is 0 Å². The standard InChI is InChI=1S/C14H27N3O2/c1-9(2)17(11(4)18)13-8-6-5-7-12(13)16-14(19)10(3)15/h9-10,12-13H,5-8,15H2,1-4H3,(H,16,19)/t10?,12?,13-/m0/s1. The van der Waals surface area contributed by atoms with Gasteiger partial charge in [0.15, 0.2) is 0 Å². The van der Waals surface area contributed by atoms with Gasteiger partial charge in [-0.05, 0) is 33.6 Å². The molecule has 1 saturated carbocycles. The Morgan fingerprint density at radius 3 is 2.26 bits per heavy atom. The first-order valence-corrected chi connectivity index (χ1v) is 7.19. The first kappa shape index (κ1) is 16.0. The van der Waals surface area contributed by atoms with Crippen LogP contribution in [-0.4, -0.2) is 40.9 Å². The normalized spacial score (nSPS) is 24.9. The summed E-state index contributed by atoms with van der Waals surface area (Å²) in [6, 6.07) is -0.241. The number of rotatable bonds is 4. The van der Waals surface area contributed by atoms with E-state index in [1.54, 1.807) is 13.8 Å². The van der Waals surface area contributed by atoms with Gasteiger partial charge in [-0.15, -0.1) is 0 Å². The van der Waals surface area contributed by atoms with Crippen molar-refractivity contribution < 1.29 is 9.59 Å². The molecule has 1 fully saturated rings. The monoisotopic (exact) mass is 269 g/mol. The molecule has 110 valence electrons. The number of nitrogens with zero attached hydrogens (tertiary/aromatic N) is 1. The summed E-state index contributed by atoms with van der Waals surface area (Å²) < 4.78 is 0. The van der Waals surface area contributed by atoms with Crippen molar-refractivity contribution in [2.75, 3.05) is 0 Å². The number of hydrogen-bond acceptors (Lipinski definition) is 3. The van der Waals surface area contributed by atoms with Gasteiger partial charge in [0, 0.05) is 19.0 Å². The van der Waals surface area contributed by atoms with Crippen molar-refractivity contribution in [3.63, 3.8) is 0 Å². The van der Waals surface area contributed by atoms with Gasteiger partial charge in [-0.3, -0.25) is 9.59 Å². The molecule has 5 heteroatoms. The molecule has 0 aromatic heterocycles. The molecule has 0 radical (unpaired) electrons. The minimum atomic E-state index is -0.507. The lowest BCUT2D eigenvalue weighted by atomic mass is 9.88. The number of carbonyl (C=O) groups excluding carboxylic acids is 2. The van der Waals surface area contributed by atoms with Crippen LogP contribution in [0.5, 0.6) is 0 Å². The Morgan fingerprint density at radius 1 is 1.21 bits per heavy atom. The fourth-order valence-electron chi connectivity index (χ4n) is 2.91. The number of hydrogen-bond donors (Lipinski definition) is 2. The van der Waals surface area contributed by atoms with Gasteiger partial charge in [0.1, 0.15) is 0 Å². The number of carbonyl (C=O) groups is 2. The van der Waals surface area contributed by atoms with Crippen molar-refractivity contribution in [1.29, 1.82) is 0 Å². The number of nitrogens with two attached hydrogens (primary N) is 1. The van der Waals surface area contributed by atoms with E-state index in [0.717, 1.165) is 25.7 Å². The Hall–Kier alpha value is -1.10. The minimum Gasteiger partial charge on any atom is -0.350 e. The van der Waals surface area contributed by atoms with E-state index in [-0.39, 0.29) is 29.9 Å². The summed E-state index contributed by atoms with van der Waals surface area (Å²) in [6.45, 7) is 7.30. The topological polar surface area (TPSA) is 75.4 Å². The van der Waals surface area contributed by atoms with Crippen molar-refractivity contribution in [2.45, 2.75) is 77.5 Å². The highest BCUT2D eigenvalue weighted by Crippen LogP contribution is 2.25. The van der Waals surface area contributed by atoms with E-state index >= 15 is 0 Å². The van der Waals surface area contributed by atoms with Crippen molar-refractivity contribution in [3.05, 3.63) is 0 Å². The molecular formula is C14H27N3O2. The highest BCUT2D eigenvalue weighted by molar-refractivity contribution is 5.81. The first-order valence-electron chi connectivity index (χ1n) is 7.19. The molecule has 1 aliphatic carbocycles. The molecule has 2 amide bonds. The third-order valence-corrected chi connectivity index (χ3v) is 3.75. The second kappa shape index (κ2) is 6.89. The summed E-state index contributed by atoms with van der Waals surface area (Å²) in [6.07, 6.45) is 4.05. The SMILES string of the molecule is CC(=O)N(C(C)C)[C@H]1CCCCC1NC(=O)C(C)N. The van der Waals surface area contributed by atoms with Crippen LogP contribution in [0.4, 0.5) is 0 Å².